The van der Waals surface area contributed by atoms with Crippen LogP contribution in [0.1, 0.15) is 73.6 Å². The molecule has 1 aliphatic carbocycles. The monoisotopic (exact) mass is 560 g/mol. The number of aromatic hydroxyl groups is 1. The molecule has 1 N–H and O–H groups in total. The van der Waals surface area contributed by atoms with Gasteiger partial charge in [-0.2, -0.15) is 0 Å². The number of hydrogen-bond donors (Lipinski definition) is 1. The highest BCUT2D eigenvalue weighted by Crippen LogP contribution is 2.40. The van der Waals surface area contributed by atoms with Crippen molar-refractivity contribution >= 4 is 5.69 Å². The molecule has 0 aromatic heterocycles. The molecule has 1 heterocycles. The standard InChI is InChI=1S/C35H45FN2O3/c1-3-38(25-26-9-16-35(33(36)21-26)41-20-19-37-17-7-5-4-6-8-18-37)34-24-31(40-2)14-15-32(34)29-11-10-28-23-30(39)13-12-27(28)22-29/h9,12-16,21,23-24,29,39H,3-8,10-11,17-20,22,25H2,1-2H3. The molecule has 41 heavy (non-hydrogen) atoms. The Morgan fingerprint density at radius 3 is 2.51 bits per heavy atom. The molecule has 6 heteroatoms. The fourth-order valence-corrected chi connectivity index (χ4v) is 6.45. The highest BCUT2D eigenvalue weighted by molar-refractivity contribution is 5.60. The summed E-state index contributed by atoms with van der Waals surface area (Å²) in [5, 5.41) is 9.91. The lowest BCUT2D eigenvalue weighted by Crippen LogP contribution is -2.31. The number of anilines is 1. The van der Waals surface area contributed by atoms with E-state index in [0.29, 0.717) is 30.6 Å². The molecule has 3 aromatic carbocycles. The number of methoxy groups -OCH3 is 1. The van der Waals surface area contributed by atoms with E-state index in [1.165, 1.54) is 48.8 Å². The van der Waals surface area contributed by atoms with Crippen molar-refractivity contribution in [2.24, 2.45) is 0 Å². The van der Waals surface area contributed by atoms with Gasteiger partial charge in [-0.25, -0.2) is 4.39 Å². The van der Waals surface area contributed by atoms with E-state index in [-0.39, 0.29) is 5.82 Å². The fourth-order valence-electron chi connectivity index (χ4n) is 6.45. The number of halogens is 1. The summed E-state index contributed by atoms with van der Waals surface area (Å²) in [5.74, 6) is 1.55. The van der Waals surface area contributed by atoms with Crippen LogP contribution in [0.15, 0.2) is 54.6 Å². The van der Waals surface area contributed by atoms with Crippen molar-refractivity contribution in [3.8, 4) is 17.2 Å². The van der Waals surface area contributed by atoms with Crippen LogP contribution < -0.4 is 14.4 Å². The molecule has 0 bridgehead atoms. The third kappa shape index (κ3) is 7.53. The molecule has 0 saturated carbocycles. The Balaban J connectivity index is 1.27. The minimum Gasteiger partial charge on any atom is -0.508 e. The highest BCUT2D eigenvalue weighted by atomic mass is 19.1. The molecule has 1 aliphatic heterocycles. The van der Waals surface area contributed by atoms with Crippen LogP contribution in [-0.4, -0.2) is 49.9 Å². The second-order valence-corrected chi connectivity index (χ2v) is 11.6. The molecule has 0 amide bonds. The first-order valence-corrected chi connectivity index (χ1v) is 15.4. The number of phenolic OH excluding ortho intramolecular Hbond substituents is 1. The topological polar surface area (TPSA) is 45.2 Å². The van der Waals surface area contributed by atoms with Gasteiger partial charge in [0.25, 0.3) is 0 Å². The van der Waals surface area contributed by atoms with E-state index in [2.05, 4.69) is 34.9 Å². The predicted molar refractivity (Wildman–Crippen MR) is 164 cm³/mol. The zero-order valence-corrected chi connectivity index (χ0v) is 24.7. The maximum atomic E-state index is 15.2. The summed E-state index contributed by atoms with van der Waals surface area (Å²) in [6.07, 6.45) is 9.33. The summed E-state index contributed by atoms with van der Waals surface area (Å²) in [4.78, 5) is 4.76. The maximum absolute atomic E-state index is 15.2. The minimum atomic E-state index is -0.302. The number of phenols is 1. The highest BCUT2D eigenvalue weighted by Gasteiger charge is 2.25. The molecule has 2 aliphatic rings. The second kappa shape index (κ2) is 14.1. The number of ether oxygens (including phenoxy) is 2. The normalized spacial score (nSPS) is 17.8. The van der Waals surface area contributed by atoms with Gasteiger partial charge < -0.3 is 19.5 Å². The Morgan fingerprint density at radius 2 is 1.76 bits per heavy atom. The molecule has 0 spiro atoms. The number of nitrogens with zero attached hydrogens (tertiary/aromatic N) is 2. The average Bonchev–Trinajstić information content (AvgIpc) is 2.97. The molecule has 1 atom stereocenters. The van der Waals surface area contributed by atoms with Gasteiger partial charge in [-0.15, -0.1) is 0 Å². The third-order valence-electron chi connectivity index (χ3n) is 8.80. The Kier molecular flexibility index (Phi) is 10.0. The molecule has 5 rings (SSSR count). The van der Waals surface area contributed by atoms with E-state index >= 15 is 4.39 Å². The lowest BCUT2D eigenvalue weighted by Gasteiger charge is -2.32. The first-order valence-electron chi connectivity index (χ1n) is 15.4. The fraction of sp³-hybridized carbons (Fsp3) is 0.486. The van der Waals surface area contributed by atoms with Gasteiger partial charge in [0.2, 0.25) is 0 Å². The van der Waals surface area contributed by atoms with Gasteiger partial charge in [0, 0.05) is 31.4 Å². The van der Waals surface area contributed by atoms with Crippen LogP contribution in [0.4, 0.5) is 10.1 Å². The summed E-state index contributed by atoms with van der Waals surface area (Å²) in [6.45, 7) is 7.10. The van der Waals surface area contributed by atoms with Crippen LogP contribution in [0.3, 0.4) is 0 Å². The van der Waals surface area contributed by atoms with Gasteiger partial charge in [-0.1, -0.05) is 37.5 Å². The Labute approximate surface area is 244 Å². The van der Waals surface area contributed by atoms with Gasteiger partial charge in [0.05, 0.1) is 7.11 Å². The van der Waals surface area contributed by atoms with Gasteiger partial charge in [0.1, 0.15) is 18.1 Å². The van der Waals surface area contributed by atoms with E-state index in [0.717, 1.165) is 62.4 Å². The van der Waals surface area contributed by atoms with Crippen molar-refractivity contribution < 1.29 is 19.0 Å². The molecule has 1 saturated heterocycles. The van der Waals surface area contributed by atoms with Crippen LogP contribution >= 0.6 is 0 Å². The third-order valence-corrected chi connectivity index (χ3v) is 8.80. The van der Waals surface area contributed by atoms with Gasteiger partial charge in [0.15, 0.2) is 11.6 Å². The van der Waals surface area contributed by atoms with Crippen molar-refractivity contribution in [1.82, 2.24) is 4.90 Å². The van der Waals surface area contributed by atoms with Crippen molar-refractivity contribution in [2.75, 3.05) is 44.8 Å². The van der Waals surface area contributed by atoms with E-state index in [1.54, 1.807) is 25.3 Å². The Morgan fingerprint density at radius 1 is 0.951 bits per heavy atom. The van der Waals surface area contributed by atoms with Crippen LogP contribution in [-0.2, 0) is 19.4 Å². The van der Waals surface area contributed by atoms with Crippen molar-refractivity contribution in [3.63, 3.8) is 0 Å². The number of rotatable bonds is 10. The molecule has 1 unspecified atom stereocenters. The zero-order valence-electron chi connectivity index (χ0n) is 24.7. The van der Waals surface area contributed by atoms with Crippen LogP contribution in [0, 0.1) is 5.82 Å². The van der Waals surface area contributed by atoms with Gasteiger partial charge >= 0.3 is 0 Å². The van der Waals surface area contributed by atoms with Crippen molar-refractivity contribution in [3.05, 3.63) is 82.7 Å². The van der Waals surface area contributed by atoms with E-state index < -0.39 is 0 Å². The molecule has 3 aromatic rings. The summed E-state index contributed by atoms with van der Waals surface area (Å²) >= 11 is 0. The van der Waals surface area contributed by atoms with E-state index in [4.69, 9.17) is 9.47 Å². The zero-order chi connectivity index (χ0) is 28.6. The molecular formula is C35H45FN2O3. The van der Waals surface area contributed by atoms with E-state index in [9.17, 15) is 5.11 Å². The number of aryl methyl sites for hydroxylation is 1. The second-order valence-electron chi connectivity index (χ2n) is 11.6. The maximum Gasteiger partial charge on any atom is 0.165 e. The number of benzene rings is 3. The van der Waals surface area contributed by atoms with Gasteiger partial charge in [-0.05, 0) is 111 Å². The lowest BCUT2D eigenvalue weighted by atomic mass is 9.79. The largest absolute Gasteiger partial charge is 0.508 e. The van der Waals surface area contributed by atoms with Gasteiger partial charge in [-0.3, -0.25) is 4.90 Å². The summed E-state index contributed by atoms with van der Waals surface area (Å²) in [7, 11) is 1.70. The average molecular weight is 561 g/mol. The van der Waals surface area contributed by atoms with Crippen LogP contribution in [0.25, 0.3) is 0 Å². The minimum absolute atomic E-state index is 0.302. The molecule has 220 valence electrons. The Bertz CT molecular complexity index is 1290. The molecule has 0 radical (unpaired) electrons. The number of fused-ring (bicyclic) bond motifs is 1. The first kappa shape index (κ1) is 29.2. The number of hydrogen-bond acceptors (Lipinski definition) is 5. The van der Waals surface area contributed by atoms with Crippen LogP contribution in [0.5, 0.6) is 17.2 Å². The molecule has 5 nitrogen and oxygen atoms in total. The predicted octanol–water partition coefficient (Wildman–Crippen LogP) is 7.48. The Hall–Kier alpha value is -3.25. The smallest absolute Gasteiger partial charge is 0.165 e. The quantitative estimate of drug-likeness (QED) is 0.278. The van der Waals surface area contributed by atoms with E-state index in [1.807, 2.05) is 18.2 Å². The van der Waals surface area contributed by atoms with Crippen molar-refractivity contribution in [1.29, 1.82) is 0 Å². The SMILES string of the molecule is CCN(Cc1ccc(OCCN2CCCCCCC2)c(F)c1)c1cc(OC)ccc1C1CCc2cc(O)ccc2C1. The summed E-state index contributed by atoms with van der Waals surface area (Å²) in [6, 6.07) is 17.5. The summed E-state index contributed by atoms with van der Waals surface area (Å²) < 4.78 is 26.6. The van der Waals surface area contributed by atoms with Crippen molar-refractivity contribution in [2.45, 2.75) is 70.8 Å². The number of likely N-dealkylation sites (tertiary alicyclic amines) is 1. The molecular weight excluding hydrogens is 515 g/mol. The lowest BCUT2D eigenvalue weighted by molar-refractivity contribution is 0.192. The first-order chi connectivity index (χ1) is 20.0. The summed E-state index contributed by atoms with van der Waals surface area (Å²) in [5.41, 5.74) is 5.87. The van der Waals surface area contributed by atoms with Crippen LogP contribution in [0.2, 0.25) is 0 Å². The molecule has 1 fully saturated rings.